The number of esters is 1. The molecule has 3 rings (SSSR count). The van der Waals surface area contributed by atoms with Crippen molar-refractivity contribution >= 4 is 16.7 Å². The third-order valence-electron chi connectivity index (χ3n) is 3.53. The Morgan fingerprint density at radius 1 is 1.09 bits per heavy atom. The van der Waals surface area contributed by atoms with Crippen LogP contribution in [0.5, 0.6) is 0 Å². The lowest BCUT2D eigenvalue weighted by Crippen LogP contribution is -2.11. The van der Waals surface area contributed by atoms with E-state index < -0.39 is 23.6 Å². The summed E-state index contributed by atoms with van der Waals surface area (Å²) in [7, 11) is 0. The van der Waals surface area contributed by atoms with Crippen molar-refractivity contribution in [1.82, 2.24) is 0 Å². The van der Waals surface area contributed by atoms with Crippen LogP contribution in [0.25, 0.3) is 10.8 Å². The van der Waals surface area contributed by atoms with E-state index in [4.69, 9.17) is 4.74 Å². The van der Waals surface area contributed by atoms with E-state index in [1.165, 1.54) is 0 Å². The number of hydrogen-bond acceptors (Lipinski definition) is 4. The van der Waals surface area contributed by atoms with Gasteiger partial charge in [-0.15, -0.1) is 0 Å². The van der Waals surface area contributed by atoms with Crippen molar-refractivity contribution in [1.29, 1.82) is 0 Å². The lowest BCUT2D eigenvalue weighted by Gasteiger charge is -2.06. The van der Waals surface area contributed by atoms with E-state index in [9.17, 15) is 15.0 Å². The molecular weight excluding hydrogens is 280 g/mol. The van der Waals surface area contributed by atoms with E-state index in [-0.39, 0.29) is 0 Å². The lowest BCUT2D eigenvalue weighted by atomic mass is 10.0. The van der Waals surface area contributed by atoms with Crippen LogP contribution in [0.1, 0.15) is 18.4 Å². The van der Waals surface area contributed by atoms with Crippen LogP contribution in [-0.2, 0) is 9.53 Å². The summed E-state index contributed by atoms with van der Waals surface area (Å²) in [4.78, 5) is 11.1. The summed E-state index contributed by atoms with van der Waals surface area (Å²) < 4.78 is 4.83. The van der Waals surface area contributed by atoms with Crippen molar-refractivity contribution in [3.63, 3.8) is 0 Å². The summed E-state index contributed by atoms with van der Waals surface area (Å²) in [5, 5.41) is 20.9. The zero-order valence-electron chi connectivity index (χ0n) is 11.7. The molecule has 0 radical (unpaired) electrons. The molecule has 1 aliphatic heterocycles. The molecule has 0 amide bonds. The maximum Gasteiger partial charge on any atom is 0.377 e. The molecule has 0 aromatic heterocycles. The molecule has 2 aromatic carbocycles. The van der Waals surface area contributed by atoms with Crippen LogP contribution in [0.3, 0.4) is 0 Å². The fourth-order valence-electron chi connectivity index (χ4n) is 2.39. The van der Waals surface area contributed by atoms with Crippen LogP contribution in [-0.4, -0.2) is 22.3 Å². The van der Waals surface area contributed by atoms with E-state index in [1.54, 1.807) is 0 Å². The Balaban J connectivity index is 1.70. The molecule has 1 aliphatic rings. The number of fused-ring (bicyclic) bond motifs is 1. The quantitative estimate of drug-likeness (QED) is 0.659. The van der Waals surface area contributed by atoms with Crippen molar-refractivity contribution in [2.75, 3.05) is 0 Å². The first-order valence-corrected chi connectivity index (χ1v) is 6.96. The third kappa shape index (κ3) is 2.61. The first-order valence-electron chi connectivity index (χ1n) is 6.96. The molecule has 0 saturated carbocycles. The predicted octanol–water partition coefficient (Wildman–Crippen LogP) is 3.22. The van der Waals surface area contributed by atoms with Gasteiger partial charge in [0, 0.05) is 18.4 Å². The minimum Gasteiger partial charge on any atom is -0.505 e. The second-order valence-corrected chi connectivity index (χ2v) is 4.99. The van der Waals surface area contributed by atoms with Crippen molar-refractivity contribution in [2.24, 2.45) is 0 Å². The smallest absolute Gasteiger partial charge is 0.377 e. The summed E-state index contributed by atoms with van der Waals surface area (Å²) in [5.41, 5.74) is 0.934. The highest BCUT2D eigenvalue weighted by Crippen LogP contribution is 2.22. The fourth-order valence-corrected chi connectivity index (χ4v) is 2.39. The molecule has 0 bridgehead atoms. The summed E-state index contributed by atoms with van der Waals surface area (Å²) in [6.45, 7) is 0. The summed E-state index contributed by atoms with van der Waals surface area (Å²) in [6.07, 6.45) is -0.00734. The molecule has 0 spiro atoms. The zero-order valence-corrected chi connectivity index (χ0v) is 11.7. The van der Waals surface area contributed by atoms with Crippen LogP contribution >= 0.6 is 0 Å². The Hall–Kier alpha value is -2.93. The number of aliphatic hydroxyl groups is 2. The van der Waals surface area contributed by atoms with Gasteiger partial charge in [-0.25, -0.2) is 4.79 Å². The van der Waals surface area contributed by atoms with Crippen LogP contribution in [0.15, 0.2) is 54.0 Å². The minimum atomic E-state index is -0.885. The maximum atomic E-state index is 11.1. The highest BCUT2D eigenvalue weighted by atomic mass is 16.6. The van der Waals surface area contributed by atoms with Gasteiger partial charge in [0.2, 0.25) is 5.76 Å². The molecule has 1 atom stereocenters. The van der Waals surface area contributed by atoms with Crippen molar-refractivity contribution in [2.45, 2.75) is 18.9 Å². The second kappa shape index (κ2) is 5.82. The molecule has 4 nitrogen and oxygen atoms in total. The van der Waals surface area contributed by atoms with E-state index >= 15 is 0 Å². The SMILES string of the molecule is O=C1OC(CCC#Cc2cccc3ccccc23)C(O)=C1O. The Labute approximate surface area is 127 Å². The molecule has 22 heavy (non-hydrogen) atoms. The minimum absolute atomic E-state index is 0.347. The average Bonchev–Trinajstić information content (AvgIpc) is 2.79. The van der Waals surface area contributed by atoms with Gasteiger partial charge in [-0.05, 0) is 16.8 Å². The maximum absolute atomic E-state index is 11.1. The van der Waals surface area contributed by atoms with Crippen LogP contribution in [0.4, 0.5) is 0 Å². The van der Waals surface area contributed by atoms with Crippen LogP contribution in [0, 0.1) is 11.8 Å². The fraction of sp³-hybridized carbons (Fsp3) is 0.167. The van der Waals surface area contributed by atoms with Gasteiger partial charge in [0.1, 0.15) is 0 Å². The van der Waals surface area contributed by atoms with Gasteiger partial charge in [-0.3, -0.25) is 0 Å². The van der Waals surface area contributed by atoms with Gasteiger partial charge in [0.15, 0.2) is 11.9 Å². The van der Waals surface area contributed by atoms with Crippen molar-refractivity contribution in [3.8, 4) is 11.8 Å². The highest BCUT2D eigenvalue weighted by Gasteiger charge is 2.33. The van der Waals surface area contributed by atoms with E-state index in [0.717, 1.165) is 16.3 Å². The van der Waals surface area contributed by atoms with Crippen molar-refractivity contribution < 1.29 is 19.7 Å². The van der Waals surface area contributed by atoms with Crippen LogP contribution in [0.2, 0.25) is 0 Å². The zero-order chi connectivity index (χ0) is 15.5. The molecule has 2 N–H and O–H groups in total. The molecule has 110 valence electrons. The molecule has 4 heteroatoms. The molecular formula is C18H14O4. The van der Waals surface area contributed by atoms with E-state index in [1.807, 2.05) is 42.5 Å². The predicted molar refractivity (Wildman–Crippen MR) is 82.2 cm³/mol. The molecule has 2 aromatic rings. The molecule has 1 heterocycles. The number of aliphatic hydroxyl groups excluding tert-OH is 2. The van der Waals surface area contributed by atoms with Gasteiger partial charge < -0.3 is 14.9 Å². The van der Waals surface area contributed by atoms with Gasteiger partial charge >= 0.3 is 5.97 Å². The topological polar surface area (TPSA) is 66.8 Å². The Morgan fingerprint density at radius 2 is 1.86 bits per heavy atom. The standard InChI is InChI=1S/C18H14O4/c19-16-15(22-18(21)17(16)20)11-4-2-7-13-9-5-8-12-6-1-3-10-14(12)13/h1,3,5-6,8-10,15,19-20H,4,11H2. The van der Waals surface area contributed by atoms with Crippen molar-refractivity contribution in [3.05, 3.63) is 59.5 Å². The number of cyclic esters (lactones) is 1. The van der Waals surface area contributed by atoms with E-state index in [0.29, 0.717) is 12.8 Å². The molecule has 1 unspecified atom stereocenters. The highest BCUT2D eigenvalue weighted by molar-refractivity contribution is 5.89. The van der Waals surface area contributed by atoms with E-state index in [2.05, 4.69) is 11.8 Å². The number of hydrogen-bond donors (Lipinski definition) is 2. The van der Waals surface area contributed by atoms with Crippen LogP contribution < -0.4 is 0 Å². The largest absolute Gasteiger partial charge is 0.505 e. The third-order valence-corrected chi connectivity index (χ3v) is 3.53. The Kier molecular flexibility index (Phi) is 3.71. The van der Waals surface area contributed by atoms with Gasteiger partial charge in [0.05, 0.1) is 0 Å². The number of rotatable bonds is 2. The first kappa shape index (κ1) is 14.0. The number of carbonyl (C=O) groups excluding carboxylic acids is 1. The summed E-state index contributed by atoms with van der Waals surface area (Å²) in [5.74, 6) is 4.12. The molecule has 0 fully saturated rings. The van der Waals surface area contributed by atoms with Gasteiger partial charge in [-0.2, -0.15) is 0 Å². The normalized spacial score (nSPS) is 17.3. The van der Waals surface area contributed by atoms with Gasteiger partial charge in [0.25, 0.3) is 0 Å². The number of carbonyl (C=O) groups is 1. The molecule has 0 aliphatic carbocycles. The number of ether oxygens (including phenoxy) is 1. The lowest BCUT2D eigenvalue weighted by molar-refractivity contribution is -0.142. The second-order valence-electron chi connectivity index (χ2n) is 4.99. The number of benzene rings is 2. The molecule has 0 saturated heterocycles. The summed E-state index contributed by atoms with van der Waals surface area (Å²) >= 11 is 0. The Bertz CT molecular complexity index is 818. The monoisotopic (exact) mass is 294 g/mol. The van der Waals surface area contributed by atoms with Gasteiger partial charge in [-0.1, -0.05) is 48.2 Å². The Morgan fingerprint density at radius 3 is 2.64 bits per heavy atom. The first-order chi connectivity index (χ1) is 10.7. The summed E-state index contributed by atoms with van der Waals surface area (Å²) in [6, 6.07) is 13.9. The average molecular weight is 294 g/mol.